The van der Waals surface area contributed by atoms with Gasteiger partial charge in [-0.1, -0.05) is 30.0 Å². The summed E-state index contributed by atoms with van der Waals surface area (Å²) in [6.45, 7) is 0. The van der Waals surface area contributed by atoms with Gasteiger partial charge in [0.1, 0.15) is 16.4 Å². The van der Waals surface area contributed by atoms with Crippen LogP contribution in [-0.4, -0.2) is 37.0 Å². The first-order valence-corrected chi connectivity index (χ1v) is 8.51. The maximum Gasteiger partial charge on any atom is 0.416 e. The first kappa shape index (κ1) is 18.8. The largest absolute Gasteiger partial charge is 0.481 e. The highest BCUT2D eigenvalue weighted by atomic mass is 32.2. The van der Waals surface area contributed by atoms with Crippen molar-refractivity contribution in [3.63, 3.8) is 0 Å². The monoisotopic (exact) mass is 392 g/mol. The molecule has 0 radical (unpaired) electrons. The molecule has 6 nitrogen and oxygen atoms in total. The Morgan fingerprint density at radius 3 is 2.41 bits per heavy atom. The molecule has 27 heavy (non-hydrogen) atoms. The molecule has 0 saturated heterocycles. The fourth-order valence-corrected chi connectivity index (χ4v) is 2.85. The average molecular weight is 392 g/mol. The number of carboxylic acid groups (broad SMARTS) is 1. The number of pyridine rings is 1. The van der Waals surface area contributed by atoms with Gasteiger partial charge in [0.05, 0.1) is 11.3 Å². The van der Waals surface area contributed by atoms with Crippen LogP contribution in [-0.2, 0) is 11.0 Å². The second kappa shape index (κ2) is 7.70. The van der Waals surface area contributed by atoms with Gasteiger partial charge in [-0.25, -0.2) is 4.98 Å². The zero-order valence-electron chi connectivity index (χ0n) is 13.5. The van der Waals surface area contributed by atoms with Crippen LogP contribution in [0.3, 0.4) is 0 Å². The molecule has 0 aliphatic heterocycles. The standard InChI is InChI=1S/C17H11F3N4O2S/c18-17(19,20)11-6-4-10(5-7-11)14-16(27-9-13(25)26)22-15(24-23-14)12-3-1-2-8-21-12/h1-8H,9H2,(H,25,26). The van der Waals surface area contributed by atoms with E-state index in [1.807, 2.05) is 0 Å². The number of carbonyl (C=O) groups is 1. The second-order valence-electron chi connectivity index (χ2n) is 5.26. The van der Waals surface area contributed by atoms with Crippen LogP contribution in [0, 0.1) is 0 Å². The van der Waals surface area contributed by atoms with Gasteiger partial charge in [0, 0.05) is 11.8 Å². The quantitative estimate of drug-likeness (QED) is 0.661. The molecule has 0 saturated carbocycles. The van der Waals surface area contributed by atoms with Gasteiger partial charge in [-0.2, -0.15) is 13.2 Å². The minimum atomic E-state index is -4.45. The number of aromatic nitrogens is 4. The number of halogens is 3. The third kappa shape index (κ3) is 4.59. The molecule has 0 amide bonds. The van der Waals surface area contributed by atoms with Crippen molar-refractivity contribution in [1.82, 2.24) is 20.2 Å². The van der Waals surface area contributed by atoms with E-state index in [2.05, 4.69) is 20.2 Å². The summed E-state index contributed by atoms with van der Waals surface area (Å²) in [5, 5.41) is 17.2. The summed E-state index contributed by atoms with van der Waals surface area (Å²) in [5.41, 5.74) is 0.205. The van der Waals surface area contributed by atoms with Crippen molar-refractivity contribution in [1.29, 1.82) is 0 Å². The molecule has 0 atom stereocenters. The molecule has 3 aromatic rings. The van der Waals surface area contributed by atoms with Gasteiger partial charge in [-0.3, -0.25) is 9.78 Å². The number of alkyl halides is 3. The summed E-state index contributed by atoms with van der Waals surface area (Å²) >= 11 is 0.905. The topological polar surface area (TPSA) is 88.9 Å². The number of aliphatic carboxylic acids is 1. The molecular formula is C17H11F3N4O2S. The molecular weight excluding hydrogens is 381 g/mol. The Morgan fingerprint density at radius 2 is 1.81 bits per heavy atom. The maximum atomic E-state index is 12.7. The molecule has 10 heteroatoms. The predicted molar refractivity (Wildman–Crippen MR) is 91.9 cm³/mol. The van der Waals surface area contributed by atoms with Gasteiger partial charge >= 0.3 is 12.1 Å². The third-order valence-electron chi connectivity index (χ3n) is 3.37. The van der Waals surface area contributed by atoms with E-state index in [4.69, 9.17) is 5.11 Å². The van der Waals surface area contributed by atoms with Crippen molar-refractivity contribution in [2.45, 2.75) is 11.2 Å². The predicted octanol–water partition coefficient (Wildman–Crippen LogP) is 3.80. The van der Waals surface area contributed by atoms with Crippen LogP contribution in [0.1, 0.15) is 5.56 Å². The molecule has 138 valence electrons. The molecule has 2 heterocycles. The van der Waals surface area contributed by atoms with Crippen molar-refractivity contribution in [3.8, 4) is 22.8 Å². The molecule has 0 fully saturated rings. The molecule has 0 spiro atoms. The highest BCUT2D eigenvalue weighted by molar-refractivity contribution is 8.00. The lowest BCUT2D eigenvalue weighted by atomic mass is 10.1. The number of benzene rings is 1. The lowest BCUT2D eigenvalue weighted by Gasteiger charge is -2.10. The van der Waals surface area contributed by atoms with Gasteiger partial charge in [0.25, 0.3) is 0 Å². The number of hydrogen-bond acceptors (Lipinski definition) is 6. The van der Waals surface area contributed by atoms with E-state index in [1.165, 1.54) is 12.1 Å². The SMILES string of the molecule is O=C(O)CSc1nc(-c2ccccn2)nnc1-c1ccc(C(F)(F)F)cc1. The summed E-state index contributed by atoms with van der Waals surface area (Å²) in [5.74, 6) is -1.15. The molecule has 3 rings (SSSR count). The highest BCUT2D eigenvalue weighted by Gasteiger charge is 2.30. The summed E-state index contributed by atoms with van der Waals surface area (Å²) < 4.78 is 38.2. The van der Waals surface area contributed by atoms with Crippen LogP contribution in [0.15, 0.2) is 53.7 Å². The molecule has 1 aromatic carbocycles. The van der Waals surface area contributed by atoms with Crippen molar-refractivity contribution in [2.24, 2.45) is 0 Å². The maximum absolute atomic E-state index is 12.7. The van der Waals surface area contributed by atoms with E-state index in [1.54, 1.807) is 24.4 Å². The number of thioether (sulfide) groups is 1. The lowest BCUT2D eigenvalue weighted by molar-refractivity contribution is -0.137. The van der Waals surface area contributed by atoms with Crippen LogP contribution < -0.4 is 0 Å². The first-order valence-electron chi connectivity index (χ1n) is 7.53. The minimum Gasteiger partial charge on any atom is -0.481 e. The Balaban J connectivity index is 2.01. The smallest absolute Gasteiger partial charge is 0.416 e. The van der Waals surface area contributed by atoms with Crippen molar-refractivity contribution in [3.05, 3.63) is 54.2 Å². The number of hydrogen-bond donors (Lipinski definition) is 1. The van der Waals surface area contributed by atoms with Crippen molar-refractivity contribution in [2.75, 3.05) is 5.75 Å². The fraction of sp³-hybridized carbons (Fsp3) is 0.118. The van der Waals surface area contributed by atoms with Gasteiger partial charge in [0.2, 0.25) is 5.82 Å². The lowest BCUT2D eigenvalue weighted by Crippen LogP contribution is -2.05. The van der Waals surface area contributed by atoms with E-state index < -0.39 is 17.7 Å². The number of carboxylic acids is 1. The Morgan fingerprint density at radius 1 is 1.07 bits per heavy atom. The molecule has 0 aliphatic carbocycles. The molecule has 0 unspecified atom stereocenters. The van der Waals surface area contributed by atoms with Crippen LogP contribution in [0.2, 0.25) is 0 Å². The van der Waals surface area contributed by atoms with Crippen LogP contribution in [0.4, 0.5) is 13.2 Å². The molecule has 2 aromatic heterocycles. The Hall–Kier alpha value is -3.01. The van der Waals surface area contributed by atoms with Crippen LogP contribution in [0.5, 0.6) is 0 Å². The number of rotatable bonds is 5. The Kier molecular flexibility index (Phi) is 5.36. The highest BCUT2D eigenvalue weighted by Crippen LogP contribution is 2.33. The molecule has 0 bridgehead atoms. The fourth-order valence-electron chi connectivity index (χ4n) is 2.14. The summed E-state index contributed by atoms with van der Waals surface area (Å²) in [6, 6.07) is 9.47. The van der Waals surface area contributed by atoms with E-state index in [-0.39, 0.29) is 22.3 Å². The number of nitrogens with zero attached hydrogens (tertiary/aromatic N) is 4. The summed E-state index contributed by atoms with van der Waals surface area (Å²) in [6.07, 6.45) is -2.90. The van der Waals surface area contributed by atoms with E-state index >= 15 is 0 Å². The molecule has 0 aliphatic rings. The zero-order chi connectivity index (χ0) is 19.4. The Labute approximate surface area is 155 Å². The normalized spacial score (nSPS) is 11.4. The van der Waals surface area contributed by atoms with E-state index in [9.17, 15) is 18.0 Å². The van der Waals surface area contributed by atoms with Gasteiger partial charge < -0.3 is 5.11 Å². The van der Waals surface area contributed by atoms with Crippen LogP contribution in [0.25, 0.3) is 22.8 Å². The summed E-state index contributed by atoms with van der Waals surface area (Å²) in [7, 11) is 0. The van der Waals surface area contributed by atoms with Gasteiger partial charge in [-0.15, -0.1) is 10.2 Å². The van der Waals surface area contributed by atoms with Gasteiger partial charge in [-0.05, 0) is 24.3 Å². The van der Waals surface area contributed by atoms with Gasteiger partial charge in [0.15, 0.2) is 0 Å². The first-order chi connectivity index (χ1) is 12.8. The van der Waals surface area contributed by atoms with Crippen molar-refractivity contribution < 1.29 is 23.1 Å². The third-order valence-corrected chi connectivity index (χ3v) is 4.32. The second-order valence-corrected chi connectivity index (χ2v) is 6.23. The van der Waals surface area contributed by atoms with E-state index in [0.29, 0.717) is 11.3 Å². The van der Waals surface area contributed by atoms with Crippen LogP contribution >= 0.6 is 11.8 Å². The summed E-state index contributed by atoms with van der Waals surface area (Å²) in [4.78, 5) is 19.3. The Bertz CT molecular complexity index is 951. The average Bonchev–Trinajstić information content (AvgIpc) is 2.66. The molecule has 1 N–H and O–H groups in total. The minimum absolute atomic E-state index is 0.194. The van der Waals surface area contributed by atoms with E-state index in [0.717, 1.165) is 23.9 Å². The van der Waals surface area contributed by atoms with Crippen molar-refractivity contribution >= 4 is 17.7 Å². The zero-order valence-corrected chi connectivity index (χ0v) is 14.3.